The molecule has 0 bridgehead atoms. The van der Waals surface area contributed by atoms with Gasteiger partial charge >= 0.3 is 5.97 Å². The summed E-state index contributed by atoms with van der Waals surface area (Å²) >= 11 is 0. The summed E-state index contributed by atoms with van der Waals surface area (Å²) in [5, 5.41) is 11.4. The molecule has 0 unspecified atom stereocenters. The third-order valence-corrected chi connectivity index (χ3v) is 2.82. The van der Waals surface area contributed by atoms with Crippen molar-refractivity contribution in [1.29, 1.82) is 0 Å². The number of hydrogen-bond acceptors (Lipinski definition) is 3. The van der Waals surface area contributed by atoms with Gasteiger partial charge in [-0.15, -0.1) is 0 Å². The number of aliphatic carboxylic acids is 1. The molecule has 0 aromatic heterocycles. The molecule has 0 radical (unpaired) electrons. The van der Waals surface area contributed by atoms with Gasteiger partial charge in [0.2, 0.25) is 0 Å². The zero-order chi connectivity index (χ0) is 14.3. The fourth-order valence-corrected chi connectivity index (χ4v) is 1.70. The van der Waals surface area contributed by atoms with Gasteiger partial charge in [0.15, 0.2) is 0 Å². The summed E-state index contributed by atoms with van der Waals surface area (Å²) in [4.78, 5) is 22.3. The Bertz CT molecular complexity index is 446. The van der Waals surface area contributed by atoms with Gasteiger partial charge in [0.1, 0.15) is 6.04 Å². The Morgan fingerprint density at radius 3 is 2.74 bits per heavy atom. The first kappa shape index (κ1) is 15.2. The van der Waals surface area contributed by atoms with Crippen LogP contribution in [0, 0.1) is 6.92 Å². The van der Waals surface area contributed by atoms with Crippen molar-refractivity contribution in [2.45, 2.75) is 32.2 Å². The Morgan fingerprint density at radius 1 is 1.37 bits per heavy atom. The SMILES string of the molecule is Cc1cccc(C(=O)NCCCC[C@@H](N)C(=O)O)c1. The lowest BCUT2D eigenvalue weighted by Gasteiger charge is -2.07. The molecular weight excluding hydrogens is 244 g/mol. The highest BCUT2D eigenvalue weighted by molar-refractivity contribution is 5.94. The number of nitrogens with one attached hydrogen (secondary N) is 1. The molecule has 0 saturated carbocycles. The number of carbonyl (C=O) groups excluding carboxylic acids is 1. The molecule has 19 heavy (non-hydrogen) atoms. The minimum atomic E-state index is -0.983. The van der Waals surface area contributed by atoms with E-state index < -0.39 is 12.0 Å². The number of carbonyl (C=O) groups is 2. The van der Waals surface area contributed by atoms with Crippen LogP contribution in [0.15, 0.2) is 24.3 Å². The van der Waals surface area contributed by atoms with Crippen LogP contribution in [0.2, 0.25) is 0 Å². The van der Waals surface area contributed by atoms with E-state index in [1.54, 1.807) is 6.07 Å². The van der Waals surface area contributed by atoms with E-state index in [1.807, 2.05) is 25.1 Å². The van der Waals surface area contributed by atoms with Crippen molar-refractivity contribution >= 4 is 11.9 Å². The van der Waals surface area contributed by atoms with Crippen molar-refractivity contribution in [3.8, 4) is 0 Å². The largest absolute Gasteiger partial charge is 0.480 e. The van der Waals surface area contributed by atoms with E-state index in [-0.39, 0.29) is 5.91 Å². The maximum Gasteiger partial charge on any atom is 0.320 e. The summed E-state index contributed by atoms with van der Waals surface area (Å²) in [6.07, 6.45) is 1.83. The summed E-state index contributed by atoms with van der Waals surface area (Å²) < 4.78 is 0. The van der Waals surface area contributed by atoms with Crippen LogP contribution < -0.4 is 11.1 Å². The van der Waals surface area contributed by atoms with Crippen molar-refractivity contribution in [1.82, 2.24) is 5.32 Å². The molecule has 0 spiro atoms. The van der Waals surface area contributed by atoms with E-state index in [9.17, 15) is 9.59 Å². The van der Waals surface area contributed by atoms with Crippen molar-refractivity contribution in [3.05, 3.63) is 35.4 Å². The number of unbranched alkanes of at least 4 members (excludes halogenated alkanes) is 1. The van der Waals surface area contributed by atoms with Gasteiger partial charge in [0.25, 0.3) is 5.91 Å². The quantitative estimate of drug-likeness (QED) is 0.647. The maximum atomic E-state index is 11.8. The standard InChI is InChI=1S/C14H20N2O3/c1-10-5-4-6-11(9-10)13(17)16-8-3-2-7-12(15)14(18)19/h4-6,9,12H,2-3,7-8,15H2,1H3,(H,16,17)(H,18,19)/t12-/m1/s1. The topological polar surface area (TPSA) is 92.4 Å². The summed E-state index contributed by atoms with van der Waals surface area (Å²) in [7, 11) is 0. The monoisotopic (exact) mass is 264 g/mol. The molecule has 0 fully saturated rings. The van der Waals surface area contributed by atoms with Gasteiger partial charge in [-0.25, -0.2) is 0 Å². The van der Waals surface area contributed by atoms with Gasteiger partial charge in [-0.05, 0) is 38.3 Å². The first-order valence-corrected chi connectivity index (χ1v) is 6.34. The van der Waals surface area contributed by atoms with Gasteiger partial charge < -0.3 is 16.2 Å². The molecule has 0 saturated heterocycles. The number of aryl methyl sites for hydroxylation is 1. The highest BCUT2D eigenvalue weighted by atomic mass is 16.4. The maximum absolute atomic E-state index is 11.8. The predicted octanol–water partition coefficient (Wildman–Crippen LogP) is 1.31. The minimum Gasteiger partial charge on any atom is -0.480 e. The fourth-order valence-electron chi connectivity index (χ4n) is 1.70. The van der Waals surface area contributed by atoms with Gasteiger partial charge in [-0.1, -0.05) is 17.7 Å². The Kier molecular flexibility index (Phi) is 6.02. The summed E-state index contributed by atoms with van der Waals surface area (Å²) in [6, 6.07) is 6.56. The minimum absolute atomic E-state index is 0.105. The number of nitrogens with two attached hydrogens (primary N) is 1. The molecule has 1 amide bonds. The van der Waals surface area contributed by atoms with Crippen LogP contribution in [0.1, 0.15) is 35.2 Å². The number of carboxylic acids is 1. The highest BCUT2D eigenvalue weighted by Gasteiger charge is 2.10. The molecule has 104 valence electrons. The van der Waals surface area contributed by atoms with E-state index in [0.717, 1.165) is 12.0 Å². The molecule has 1 rings (SSSR count). The van der Waals surface area contributed by atoms with E-state index in [4.69, 9.17) is 10.8 Å². The number of benzene rings is 1. The summed E-state index contributed by atoms with van der Waals surface area (Å²) in [5.74, 6) is -1.09. The third-order valence-electron chi connectivity index (χ3n) is 2.82. The molecule has 5 nitrogen and oxygen atoms in total. The van der Waals surface area contributed by atoms with E-state index >= 15 is 0 Å². The molecule has 0 aliphatic heterocycles. The Labute approximate surface area is 112 Å². The molecular formula is C14H20N2O3. The van der Waals surface area contributed by atoms with Crippen molar-refractivity contribution in [2.24, 2.45) is 5.73 Å². The second-order valence-corrected chi connectivity index (χ2v) is 4.57. The summed E-state index contributed by atoms with van der Waals surface area (Å²) in [5.41, 5.74) is 7.06. The first-order valence-electron chi connectivity index (χ1n) is 6.34. The van der Waals surface area contributed by atoms with E-state index in [2.05, 4.69) is 5.32 Å². The summed E-state index contributed by atoms with van der Waals surface area (Å²) in [6.45, 7) is 2.46. The number of amides is 1. The Balaban J connectivity index is 2.23. The van der Waals surface area contributed by atoms with Crippen LogP contribution >= 0.6 is 0 Å². The molecule has 0 heterocycles. The fraction of sp³-hybridized carbons (Fsp3) is 0.429. The predicted molar refractivity (Wildman–Crippen MR) is 73.0 cm³/mol. The molecule has 0 aliphatic carbocycles. The van der Waals surface area contributed by atoms with Gasteiger partial charge in [-0.2, -0.15) is 0 Å². The molecule has 4 N–H and O–H groups in total. The van der Waals surface area contributed by atoms with Crippen LogP contribution in [0.4, 0.5) is 0 Å². The van der Waals surface area contributed by atoms with Crippen molar-refractivity contribution < 1.29 is 14.7 Å². The van der Waals surface area contributed by atoms with Crippen LogP contribution in [-0.2, 0) is 4.79 Å². The van der Waals surface area contributed by atoms with Crippen LogP contribution in [-0.4, -0.2) is 29.6 Å². The average molecular weight is 264 g/mol. The average Bonchev–Trinajstić information content (AvgIpc) is 2.37. The van der Waals surface area contributed by atoms with Crippen LogP contribution in [0.25, 0.3) is 0 Å². The molecule has 1 aromatic rings. The molecule has 1 atom stereocenters. The molecule has 1 aromatic carbocycles. The Hall–Kier alpha value is -1.88. The highest BCUT2D eigenvalue weighted by Crippen LogP contribution is 2.04. The van der Waals surface area contributed by atoms with Gasteiger partial charge in [0, 0.05) is 12.1 Å². The zero-order valence-corrected chi connectivity index (χ0v) is 11.1. The Morgan fingerprint density at radius 2 is 2.11 bits per heavy atom. The lowest BCUT2D eigenvalue weighted by molar-refractivity contribution is -0.138. The second-order valence-electron chi connectivity index (χ2n) is 4.57. The lowest BCUT2D eigenvalue weighted by Crippen LogP contribution is -2.30. The lowest BCUT2D eigenvalue weighted by atomic mass is 10.1. The molecule has 5 heteroatoms. The van der Waals surface area contributed by atoms with Crippen molar-refractivity contribution in [3.63, 3.8) is 0 Å². The van der Waals surface area contributed by atoms with E-state index in [1.165, 1.54) is 0 Å². The number of hydrogen-bond donors (Lipinski definition) is 3. The van der Waals surface area contributed by atoms with Crippen LogP contribution in [0.3, 0.4) is 0 Å². The van der Waals surface area contributed by atoms with Crippen LogP contribution in [0.5, 0.6) is 0 Å². The number of carboxylic acid groups (broad SMARTS) is 1. The molecule has 0 aliphatic rings. The third kappa shape index (κ3) is 5.52. The number of rotatable bonds is 7. The second kappa shape index (κ2) is 7.53. The smallest absolute Gasteiger partial charge is 0.320 e. The van der Waals surface area contributed by atoms with Gasteiger partial charge in [-0.3, -0.25) is 9.59 Å². The van der Waals surface area contributed by atoms with Gasteiger partial charge in [0.05, 0.1) is 0 Å². The zero-order valence-electron chi connectivity index (χ0n) is 11.1. The van der Waals surface area contributed by atoms with E-state index in [0.29, 0.717) is 24.9 Å². The van der Waals surface area contributed by atoms with Crippen molar-refractivity contribution in [2.75, 3.05) is 6.54 Å². The normalized spacial score (nSPS) is 11.9. The first-order chi connectivity index (χ1) is 9.00.